The summed E-state index contributed by atoms with van der Waals surface area (Å²) in [6, 6.07) is 0. The van der Waals surface area contributed by atoms with E-state index in [1.165, 1.54) is 193 Å². The fourth-order valence-electron chi connectivity index (χ4n) is 11.5. The van der Waals surface area contributed by atoms with Crippen LogP contribution in [0.1, 0.15) is 388 Å². The lowest BCUT2D eigenvalue weighted by molar-refractivity contribution is -0.161. The van der Waals surface area contributed by atoms with E-state index in [0.717, 1.165) is 109 Å². The number of phosphoric ester groups is 2. The number of phosphoric acid groups is 2. The van der Waals surface area contributed by atoms with Gasteiger partial charge in [0.2, 0.25) is 0 Å². The van der Waals surface area contributed by atoms with E-state index in [2.05, 4.69) is 58.9 Å². The Balaban J connectivity index is 5.23. The Morgan fingerprint density at radius 2 is 0.557 bits per heavy atom. The number of aliphatic hydroxyl groups excluding tert-OH is 1. The SMILES string of the molecule is CCCCCC/C=C\C=C/CCCCCCCC(=O)OC[C@H](COP(=O)(O)OC[C@@H](O)COP(=O)(O)OC[C@@H](COC(=O)CCCCCCCCCCCC)OC(=O)CCCCCCCCCCC(C)C)OC(=O)CCCCCCCCCCCCCCCCCCCCCCC. The molecule has 97 heavy (non-hydrogen) atoms. The van der Waals surface area contributed by atoms with Crippen molar-refractivity contribution in [3.8, 4) is 0 Å². The lowest BCUT2D eigenvalue weighted by atomic mass is 10.0. The molecular weight excluding hydrogens is 1270 g/mol. The van der Waals surface area contributed by atoms with Crippen molar-refractivity contribution in [1.82, 2.24) is 0 Å². The van der Waals surface area contributed by atoms with Crippen LogP contribution in [0.5, 0.6) is 0 Å². The molecule has 0 saturated carbocycles. The van der Waals surface area contributed by atoms with Gasteiger partial charge in [0.15, 0.2) is 12.2 Å². The van der Waals surface area contributed by atoms with E-state index >= 15 is 0 Å². The minimum atomic E-state index is -4.97. The van der Waals surface area contributed by atoms with Crippen LogP contribution in [0.2, 0.25) is 0 Å². The number of hydrogen-bond donors (Lipinski definition) is 3. The van der Waals surface area contributed by atoms with Gasteiger partial charge in [-0.25, -0.2) is 9.13 Å². The van der Waals surface area contributed by atoms with Crippen molar-refractivity contribution >= 4 is 39.5 Å². The molecule has 3 N–H and O–H groups in total. The molecule has 0 amide bonds. The zero-order chi connectivity index (χ0) is 71.2. The summed E-state index contributed by atoms with van der Waals surface area (Å²) in [6.07, 6.45) is 63.4. The summed E-state index contributed by atoms with van der Waals surface area (Å²) in [7, 11) is -9.92. The Labute approximate surface area is 592 Å². The summed E-state index contributed by atoms with van der Waals surface area (Å²) in [5.74, 6) is -1.43. The lowest BCUT2D eigenvalue weighted by Crippen LogP contribution is -2.30. The van der Waals surface area contributed by atoms with Gasteiger partial charge in [-0.3, -0.25) is 37.3 Å². The minimum Gasteiger partial charge on any atom is -0.462 e. The smallest absolute Gasteiger partial charge is 0.462 e. The molecule has 19 heteroatoms. The van der Waals surface area contributed by atoms with Crippen LogP contribution in [0, 0.1) is 5.92 Å². The van der Waals surface area contributed by atoms with Crippen molar-refractivity contribution in [2.24, 2.45) is 5.92 Å². The summed E-state index contributed by atoms with van der Waals surface area (Å²) in [5.41, 5.74) is 0. The molecule has 0 spiro atoms. The van der Waals surface area contributed by atoms with Gasteiger partial charge in [-0.1, -0.05) is 335 Å². The maximum Gasteiger partial charge on any atom is 0.472 e. The van der Waals surface area contributed by atoms with Crippen LogP contribution in [0.15, 0.2) is 24.3 Å². The number of hydrogen-bond acceptors (Lipinski definition) is 15. The van der Waals surface area contributed by atoms with E-state index in [4.69, 9.17) is 37.0 Å². The number of allylic oxidation sites excluding steroid dienone is 4. The van der Waals surface area contributed by atoms with E-state index in [1.54, 1.807) is 0 Å². The maximum atomic E-state index is 13.1. The van der Waals surface area contributed by atoms with Crippen molar-refractivity contribution in [2.45, 2.75) is 406 Å². The number of esters is 4. The number of carbonyl (C=O) groups excluding carboxylic acids is 4. The molecule has 0 aliphatic rings. The van der Waals surface area contributed by atoms with Crippen molar-refractivity contribution in [3.05, 3.63) is 24.3 Å². The number of aliphatic hydroxyl groups is 1. The second-order valence-electron chi connectivity index (χ2n) is 27.9. The van der Waals surface area contributed by atoms with Gasteiger partial charge in [0.05, 0.1) is 26.4 Å². The largest absolute Gasteiger partial charge is 0.472 e. The number of rotatable bonds is 76. The highest BCUT2D eigenvalue weighted by molar-refractivity contribution is 7.47. The normalized spacial score (nSPS) is 14.1. The van der Waals surface area contributed by atoms with Gasteiger partial charge in [0.25, 0.3) is 0 Å². The predicted molar refractivity (Wildman–Crippen MR) is 395 cm³/mol. The third-order valence-electron chi connectivity index (χ3n) is 17.7. The Morgan fingerprint density at radius 1 is 0.320 bits per heavy atom. The third-order valence-corrected chi connectivity index (χ3v) is 19.6. The highest BCUT2D eigenvalue weighted by Crippen LogP contribution is 2.45. The molecular formula is C78H148O17P2. The molecule has 17 nitrogen and oxygen atoms in total. The average molecular weight is 1420 g/mol. The summed E-state index contributed by atoms with van der Waals surface area (Å²) < 4.78 is 68.5. The summed E-state index contributed by atoms with van der Waals surface area (Å²) in [6.45, 7) is 7.18. The maximum absolute atomic E-state index is 13.1. The van der Waals surface area contributed by atoms with Gasteiger partial charge in [-0.2, -0.15) is 0 Å². The Hall–Kier alpha value is -2.46. The molecule has 0 aromatic heterocycles. The van der Waals surface area contributed by atoms with Crippen LogP contribution in [0.25, 0.3) is 0 Å². The first kappa shape index (κ1) is 94.5. The molecule has 0 saturated heterocycles. The Bertz CT molecular complexity index is 1950. The van der Waals surface area contributed by atoms with Crippen molar-refractivity contribution in [1.29, 1.82) is 0 Å². The highest BCUT2D eigenvalue weighted by Gasteiger charge is 2.30. The quantitative estimate of drug-likeness (QED) is 0.0169. The fourth-order valence-corrected chi connectivity index (χ4v) is 13.1. The van der Waals surface area contributed by atoms with Crippen LogP contribution in [-0.4, -0.2) is 96.7 Å². The topological polar surface area (TPSA) is 237 Å². The van der Waals surface area contributed by atoms with E-state index < -0.39 is 97.5 Å². The first-order valence-electron chi connectivity index (χ1n) is 40.0. The van der Waals surface area contributed by atoms with Crippen molar-refractivity contribution in [3.63, 3.8) is 0 Å². The minimum absolute atomic E-state index is 0.102. The van der Waals surface area contributed by atoms with Crippen LogP contribution in [-0.2, 0) is 65.4 Å². The monoisotopic (exact) mass is 1420 g/mol. The second-order valence-corrected chi connectivity index (χ2v) is 30.8. The molecule has 0 bridgehead atoms. The van der Waals surface area contributed by atoms with Gasteiger partial charge in [0, 0.05) is 25.7 Å². The van der Waals surface area contributed by atoms with Crippen LogP contribution >= 0.6 is 15.6 Å². The molecule has 0 aliphatic heterocycles. The van der Waals surface area contributed by atoms with E-state index in [-0.39, 0.29) is 25.7 Å². The number of ether oxygens (including phenoxy) is 4. The molecule has 0 aliphatic carbocycles. The fraction of sp³-hybridized carbons (Fsp3) is 0.897. The summed E-state index contributed by atoms with van der Waals surface area (Å²) in [5, 5.41) is 10.6. The van der Waals surface area contributed by atoms with Crippen LogP contribution in [0.4, 0.5) is 0 Å². The van der Waals surface area contributed by atoms with Crippen LogP contribution in [0.3, 0.4) is 0 Å². The standard InChI is InChI=1S/C78H148O17P2/c1-6-9-12-15-18-21-24-26-28-29-30-31-32-33-35-37-39-42-48-53-58-63-77(82)94-73(67-89-76(81)62-57-52-47-41-38-36-34-27-25-22-19-16-13-10-7-2)69-92-96(84,85)90-65-72(79)66-91-97(86,87)93-70-74(68-88-75(80)61-56-51-46-40-23-20-17-14-11-8-3)95-78(83)64-59-54-49-44-43-45-50-55-60-71(4)5/h22,25,27,34,71-74,79H,6-21,23-24,26,28-33,35-70H2,1-5H3,(H,84,85)(H,86,87)/b25-22-,34-27-/t72-,73-,74-/m1/s1. The zero-order valence-corrected chi connectivity index (χ0v) is 64.5. The molecule has 0 fully saturated rings. The van der Waals surface area contributed by atoms with Crippen molar-refractivity contribution < 1.29 is 80.2 Å². The molecule has 0 aromatic carbocycles. The third kappa shape index (κ3) is 71.7. The molecule has 5 atom stereocenters. The second kappa shape index (κ2) is 70.6. The Kier molecular flexibility index (Phi) is 68.8. The highest BCUT2D eigenvalue weighted by atomic mass is 31.2. The van der Waals surface area contributed by atoms with Crippen molar-refractivity contribution in [2.75, 3.05) is 39.6 Å². The summed E-state index contributed by atoms with van der Waals surface area (Å²) in [4.78, 5) is 72.8. The summed E-state index contributed by atoms with van der Waals surface area (Å²) >= 11 is 0. The number of unbranched alkanes of at least 4 members (excludes halogenated alkanes) is 45. The number of carbonyl (C=O) groups is 4. The first-order chi connectivity index (χ1) is 47.0. The van der Waals surface area contributed by atoms with Gasteiger partial charge in [-0.05, 0) is 57.3 Å². The predicted octanol–water partition coefficient (Wildman–Crippen LogP) is 22.8. The van der Waals surface area contributed by atoms with Gasteiger partial charge >= 0.3 is 39.5 Å². The molecule has 2 unspecified atom stereocenters. The zero-order valence-electron chi connectivity index (χ0n) is 62.7. The average Bonchev–Trinajstić information content (AvgIpc) is 1.88. The van der Waals surface area contributed by atoms with E-state index in [0.29, 0.717) is 31.6 Å². The lowest BCUT2D eigenvalue weighted by Gasteiger charge is -2.21. The molecule has 0 rings (SSSR count). The molecule has 0 radical (unpaired) electrons. The van der Waals surface area contributed by atoms with E-state index in [1.807, 2.05) is 0 Å². The van der Waals surface area contributed by atoms with Gasteiger partial charge in [-0.15, -0.1) is 0 Å². The Morgan fingerprint density at radius 3 is 0.845 bits per heavy atom. The molecule has 572 valence electrons. The molecule has 0 heterocycles. The van der Waals surface area contributed by atoms with Crippen LogP contribution < -0.4 is 0 Å². The molecule has 0 aromatic rings. The van der Waals surface area contributed by atoms with Gasteiger partial charge < -0.3 is 33.8 Å². The van der Waals surface area contributed by atoms with E-state index in [9.17, 15) is 43.2 Å². The first-order valence-corrected chi connectivity index (χ1v) is 42.9. The van der Waals surface area contributed by atoms with Gasteiger partial charge in [0.1, 0.15) is 19.3 Å².